The Morgan fingerprint density at radius 3 is 2.64 bits per heavy atom. The molecule has 1 aromatic rings. The van der Waals surface area contributed by atoms with Gasteiger partial charge in [-0.3, -0.25) is 0 Å². The zero-order chi connectivity index (χ0) is 10.8. The van der Waals surface area contributed by atoms with Gasteiger partial charge in [-0.1, -0.05) is 0 Å². The molecule has 0 aliphatic heterocycles. The minimum absolute atomic E-state index is 0.116. The van der Waals surface area contributed by atoms with Crippen molar-refractivity contribution in [3.63, 3.8) is 0 Å². The lowest BCUT2D eigenvalue weighted by atomic mass is 10.1. The van der Waals surface area contributed by atoms with E-state index in [9.17, 15) is 0 Å². The Morgan fingerprint density at radius 1 is 1.50 bits per heavy atom. The van der Waals surface area contributed by atoms with Gasteiger partial charge in [-0.25, -0.2) is 4.98 Å². The molecule has 3 N–H and O–H groups in total. The van der Waals surface area contributed by atoms with E-state index in [1.54, 1.807) is 6.07 Å². The van der Waals surface area contributed by atoms with E-state index >= 15 is 0 Å². The van der Waals surface area contributed by atoms with E-state index in [0.29, 0.717) is 17.1 Å². The summed E-state index contributed by atoms with van der Waals surface area (Å²) in [5.41, 5.74) is 6.38. The molecule has 0 radical (unpaired) electrons. The van der Waals surface area contributed by atoms with Gasteiger partial charge >= 0.3 is 0 Å². The summed E-state index contributed by atoms with van der Waals surface area (Å²) in [4.78, 5) is 4.08. The van der Waals surface area contributed by atoms with Crippen LogP contribution in [0.1, 0.15) is 26.3 Å². The standard InChI is InChI=1S/C10H14N4/c1-10(2,3)14-9-7(5-11)4-8(12)6-13-9/h4,6H,12H2,1-3H3,(H,13,14). The number of anilines is 2. The highest BCUT2D eigenvalue weighted by atomic mass is 15.0. The first-order valence-corrected chi connectivity index (χ1v) is 4.36. The maximum atomic E-state index is 8.85. The van der Waals surface area contributed by atoms with Crippen LogP contribution in [0.25, 0.3) is 0 Å². The molecule has 1 aromatic heterocycles. The van der Waals surface area contributed by atoms with Gasteiger partial charge < -0.3 is 11.1 Å². The van der Waals surface area contributed by atoms with Crippen molar-refractivity contribution in [3.05, 3.63) is 17.8 Å². The zero-order valence-electron chi connectivity index (χ0n) is 8.63. The zero-order valence-corrected chi connectivity index (χ0v) is 8.63. The van der Waals surface area contributed by atoms with Gasteiger partial charge in [-0.15, -0.1) is 0 Å². The summed E-state index contributed by atoms with van der Waals surface area (Å²) in [6.45, 7) is 6.02. The molecule has 0 aliphatic carbocycles. The van der Waals surface area contributed by atoms with Crippen LogP contribution in [0.4, 0.5) is 11.5 Å². The molecule has 0 aliphatic rings. The molecule has 0 fully saturated rings. The van der Waals surface area contributed by atoms with Crippen molar-refractivity contribution in [2.75, 3.05) is 11.1 Å². The maximum absolute atomic E-state index is 8.85. The summed E-state index contributed by atoms with van der Waals surface area (Å²) in [5.74, 6) is 0.578. The van der Waals surface area contributed by atoms with Gasteiger partial charge in [0.25, 0.3) is 0 Å². The van der Waals surface area contributed by atoms with Crippen LogP contribution >= 0.6 is 0 Å². The lowest BCUT2D eigenvalue weighted by molar-refractivity contribution is 0.630. The van der Waals surface area contributed by atoms with Crippen LogP contribution in [0.3, 0.4) is 0 Å². The topological polar surface area (TPSA) is 74.7 Å². The fourth-order valence-electron chi connectivity index (χ4n) is 1.02. The van der Waals surface area contributed by atoms with Crippen LogP contribution < -0.4 is 11.1 Å². The van der Waals surface area contributed by atoms with E-state index < -0.39 is 0 Å². The summed E-state index contributed by atoms with van der Waals surface area (Å²) >= 11 is 0. The number of nitrogen functional groups attached to an aromatic ring is 1. The lowest BCUT2D eigenvalue weighted by Gasteiger charge is -2.21. The number of pyridine rings is 1. The molecule has 0 saturated carbocycles. The predicted octanol–water partition coefficient (Wildman–Crippen LogP) is 1.75. The molecule has 0 atom stereocenters. The Morgan fingerprint density at radius 2 is 2.14 bits per heavy atom. The third-order valence-corrected chi connectivity index (χ3v) is 1.52. The molecule has 1 rings (SSSR count). The van der Waals surface area contributed by atoms with Gasteiger partial charge in [0, 0.05) is 5.54 Å². The molecule has 0 saturated heterocycles. The Kier molecular flexibility index (Phi) is 2.61. The molecule has 4 heteroatoms. The van der Waals surface area contributed by atoms with Gasteiger partial charge in [0.2, 0.25) is 0 Å². The van der Waals surface area contributed by atoms with Crippen LogP contribution in [0.2, 0.25) is 0 Å². The number of aromatic nitrogens is 1. The van der Waals surface area contributed by atoms with Crippen molar-refractivity contribution in [2.24, 2.45) is 0 Å². The minimum Gasteiger partial charge on any atom is -0.397 e. The maximum Gasteiger partial charge on any atom is 0.144 e. The van der Waals surface area contributed by atoms with Gasteiger partial charge in [0.15, 0.2) is 0 Å². The number of hydrogen-bond acceptors (Lipinski definition) is 4. The summed E-state index contributed by atoms with van der Waals surface area (Å²) in [6.07, 6.45) is 1.54. The molecule has 4 nitrogen and oxygen atoms in total. The van der Waals surface area contributed by atoms with Crippen molar-refractivity contribution in [2.45, 2.75) is 26.3 Å². The Hall–Kier alpha value is -1.76. The molecule has 0 spiro atoms. The van der Waals surface area contributed by atoms with Crippen molar-refractivity contribution < 1.29 is 0 Å². The quantitative estimate of drug-likeness (QED) is 0.707. The van der Waals surface area contributed by atoms with Gasteiger partial charge in [0.1, 0.15) is 11.9 Å². The third-order valence-electron chi connectivity index (χ3n) is 1.52. The largest absolute Gasteiger partial charge is 0.397 e. The average molecular weight is 190 g/mol. The first kappa shape index (κ1) is 10.3. The van der Waals surface area contributed by atoms with E-state index in [0.717, 1.165) is 0 Å². The molecule has 0 bridgehead atoms. The second kappa shape index (κ2) is 3.54. The summed E-state index contributed by atoms with van der Waals surface area (Å²) in [5, 5.41) is 12.0. The van der Waals surface area contributed by atoms with Crippen LogP contribution in [0.5, 0.6) is 0 Å². The highest BCUT2D eigenvalue weighted by molar-refractivity contribution is 5.58. The summed E-state index contributed by atoms with van der Waals surface area (Å²) < 4.78 is 0. The number of nitrogens with one attached hydrogen (secondary N) is 1. The first-order valence-electron chi connectivity index (χ1n) is 4.36. The number of hydrogen-bond donors (Lipinski definition) is 2. The van der Waals surface area contributed by atoms with Crippen LogP contribution in [0, 0.1) is 11.3 Å². The van der Waals surface area contributed by atoms with Crippen LogP contribution in [-0.4, -0.2) is 10.5 Å². The SMILES string of the molecule is CC(C)(C)Nc1ncc(N)cc1C#N. The number of rotatable bonds is 1. The number of nitrogens with zero attached hydrogens (tertiary/aromatic N) is 2. The molecule has 0 unspecified atom stereocenters. The second-order valence-electron chi connectivity index (χ2n) is 4.15. The van der Waals surface area contributed by atoms with Crippen molar-refractivity contribution in [3.8, 4) is 6.07 Å². The molecule has 0 amide bonds. The minimum atomic E-state index is -0.116. The summed E-state index contributed by atoms with van der Waals surface area (Å²) in [7, 11) is 0. The predicted molar refractivity (Wildman–Crippen MR) is 56.7 cm³/mol. The van der Waals surface area contributed by atoms with Gasteiger partial charge in [-0.05, 0) is 26.8 Å². The Labute approximate surface area is 83.8 Å². The highest BCUT2D eigenvalue weighted by Crippen LogP contribution is 2.18. The monoisotopic (exact) mass is 190 g/mol. The molecular weight excluding hydrogens is 176 g/mol. The van der Waals surface area contributed by atoms with E-state index in [-0.39, 0.29) is 5.54 Å². The highest BCUT2D eigenvalue weighted by Gasteiger charge is 2.13. The molecular formula is C10H14N4. The Balaban J connectivity index is 3.05. The normalized spacial score (nSPS) is 10.7. The van der Waals surface area contributed by atoms with E-state index in [1.165, 1.54) is 6.20 Å². The fourth-order valence-corrected chi connectivity index (χ4v) is 1.02. The third kappa shape index (κ3) is 2.63. The number of nitriles is 1. The summed E-state index contributed by atoms with van der Waals surface area (Å²) in [6, 6.07) is 3.67. The van der Waals surface area contributed by atoms with Gasteiger partial charge in [0.05, 0.1) is 17.4 Å². The lowest BCUT2D eigenvalue weighted by Crippen LogP contribution is -2.27. The van der Waals surface area contributed by atoms with Crippen molar-refractivity contribution in [1.29, 1.82) is 5.26 Å². The van der Waals surface area contributed by atoms with E-state index in [4.69, 9.17) is 11.0 Å². The molecule has 14 heavy (non-hydrogen) atoms. The smallest absolute Gasteiger partial charge is 0.144 e. The number of nitrogens with two attached hydrogens (primary N) is 1. The first-order chi connectivity index (χ1) is 6.42. The van der Waals surface area contributed by atoms with Crippen molar-refractivity contribution >= 4 is 11.5 Å². The molecule has 1 heterocycles. The van der Waals surface area contributed by atoms with E-state index in [2.05, 4.69) is 16.4 Å². The molecule has 74 valence electrons. The fraction of sp³-hybridized carbons (Fsp3) is 0.400. The van der Waals surface area contributed by atoms with Crippen LogP contribution in [-0.2, 0) is 0 Å². The second-order valence-corrected chi connectivity index (χ2v) is 4.15. The molecule has 0 aromatic carbocycles. The van der Waals surface area contributed by atoms with Gasteiger partial charge in [-0.2, -0.15) is 5.26 Å². The van der Waals surface area contributed by atoms with E-state index in [1.807, 2.05) is 20.8 Å². The Bertz CT molecular complexity index is 371. The van der Waals surface area contributed by atoms with Crippen LogP contribution in [0.15, 0.2) is 12.3 Å². The average Bonchev–Trinajstić information content (AvgIpc) is 2.06. The van der Waals surface area contributed by atoms with Crippen molar-refractivity contribution in [1.82, 2.24) is 4.98 Å².